The lowest BCUT2D eigenvalue weighted by Crippen LogP contribution is -2.36. The van der Waals surface area contributed by atoms with Gasteiger partial charge >= 0.3 is 0 Å². The Balaban J connectivity index is 2.44. The Morgan fingerprint density at radius 1 is 1.38 bits per heavy atom. The molecule has 0 spiro atoms. The lowest BCUT2D eigenvalue weighted by molar-refractivity contribution is -0.112. The zero-order valence-corrected chi connectivity index (χ0v) is 9.31. The minimum absolute atomic E-state index is 0.203. The highest BCUT2D eigenvalue weighted by Gasteiger charge is 2.44. The number of benzene rings is 1. The molecule has 1 aliphatic rings. The first-order valence-corrected chi connectivity index (χ1v) is 5.13. The van der Waals surface area contributed by atoms with Crippen LogP contribution in [0.3, 0.4) is 0 Å². The predicted molar refractivity (Wildman–Crippen MR) is 61.0 cm³/mol. The second-order valence-electron chi connectivity index (χ2n) is 4.38. The third-order valence-corrected chi connectivity index (χ3v) is 2.73. The summed E-state index contributed by atoms with van der Waals surface area (Å²) in [4.78, 5) is 16.6. The fourth-order valence-electron chi connectivity index (χ4n) is 1.99. The summed E-state index contributed by atoms with van der Waals surface area (Å²) in [6.45, 7) is 3.79. The van der Waals surface area contributed by atoms with Crippen molar-refractivity contribution in [1.82, 2.24) is 0 Å². The van der Waals surface area contributed by atoms with Crippen LogP contribution in [0.5, 0.6) is 0 Å². The quantitative estimate of drug-likeness (QED) is 0.815. The van der Waals surface area contributed by atoms with Gasteiger partial charge in [-0.2, -0.15) is 0 Å². The Morgan fingerprint density at radius 3 is 2.56 bits per heavy atom. The Hall–Kier alpha value is -1.84. The molecule has 2 rings (SSSR count). The van der Waals surface area contributed by atoms with Gasteiger partial charge in [0.25, 0.3) is 5.91 Å². The molecule has 16 heavy (non-hydrogen) atoms. The predicted octanol–water partition coefficient (Wildman–Crippen LogP) is 1.42. The van der Waals surface area contributed by atoms with Crippen molar-refractivity contribution < 1.29 is 9.63 Å². The standard InChI is InChI=1S/C12H14N2O2/c1-12(2)9(8-6-4-3-5-7-8)10(11(13)15)14-16-12/h3-7,9H,1-2H3,(H2,13,15). The van der Waals surface area contributed by atoms with E-state index in [0.29, 0.717) is 0 Å². The maximum atomic E-state index is 11.3. The van der Waals surface area contributed by atoms with Crippen LogP contribution in [0.4, 0.5) is 0 Å². The molecule has 1 aliphatic heterocycles. The van der Waals surface area contributed by atoms with Crippen molar-refractivity contribution in [2.45, 2.75) is 25.4 Å². The molecular weight excluding hydrogens is 204 g/mol. The summed E-state index contributed by atoms with van der Waals surface area (Å²) in [5.41, 5.74) is 6.04. The first-order valence-electron chi connectivity index (χ1n) is 5.13. The molecule has 1 atom stereocenters. The van der Waals surface area contributed by atoms with Crippen LogP contribution < -0.4 is 5.73 Å². The van der Waals surface area contributed by atoms with Gasteiger partial charge in [-0.05, 0) is 19.4 Å². The number of hydrogen-bond acceptors (Lipinski definition) is 3. The maximum Gasteiger partial charge on any atom is 0.267 e. The van der Waals surface area contributed by atoms with E-state index in [1.807, 2.05) is 44.2 Å². The van der Waals surface area contributed by atoms with Crippen LogP contribution in [0.2, 0.25) is 0 Å². The SMILES string of the molecule is CC1(C)ON=C(C(N)=O)C1c1ccccc1. The van der Waals surface area contributed by atoms with Crippen LogP contribution in [-0.2, 0) is 9.63 Å². The number of carbonyl (C=O) groups excluding carboxylic acids is 1. The first-order chi connectivity index (χ1) is 7.52. The van der Waals surface area contributed by atoms with Crippen molar-refractivity contribution in [2.24, 2.45) is 10.9 Å². The van der Waals surface area contributed by atoms with Crippen LogP contribution >= 0.6 is 0 Å². The molecule has 4 nitrogen and oxygen atoms in total. The number of carbonyl (C=O) groups is 1. The fourth-order valence-corrected chi connectivity index (χ4v) is 1.99. The molecule has 0 saturated carbocycles. The highest BCUT2D eigenvalue weighted by molar-refractivity contribution is 6.40. The number of oxime groups is 1. The molecule has 1 amide bonds. The normalized spacial score (nSPS) is 22.4. The summed E-state index contributed by atoms with van der Waals surface area (Å²) >= 11 is 0. The second kappa shape index (κ2) is 3.63. The number of amides is 1. The lowest BCUT2D eigenvalue weighted by Gasteiger charge is -2.24. The van der Waals surface area contributed by atoms with Crippen LogP contribution in [-0.4, -0.2) is 17.2 Å². The Bertz CT molecular complexity index is 438. The number of nitrogens with two attached hydrogens (primary N) is 1. The van der Waals surface area contributed by atoms with Gasteiger partial charge in [0.15, 0.2) is 5.71 Å². The largest absolute Gasteiger partial charge is 0.388 e. The summed E-state index contributed by atoms with van der Waals surface area (Å²) in [6.07, 6.45) is 0. The van der Waals surface area contributed by atoms with Gasteiger partial charge in [0.2, 0.25) is 0 Å². The molecule has 1 aromatic carbocycles. The van der Waals surface area contributed by atoms with E-state index in [9.17, 15) is 4.79 Å². The molecule has 0 bridgehead atoms. The van der Waals surface area contributed by atoms with E-state index in [-0.39, 0.29) is 11.6 Å². The molecule has 0 aromatic heterocycles. The van der Waals surface area contributed by atoms with Gasteiger partial charge in [-0.1, -0.05) is 35.5 Å². The molecular formula is C12H14N2O2. The van der Waals surface area contributed by atoms with E-state index < -0.39 is 11.5 Å². The molecule has 0 radical (unpaired) electrons. The van der Waals surface area contributed by atoms with Crippen molar-refractivity contribution in [1.29, 1.82) is 0 Å². The highest BCUT2D eigenvalue weighted by Crippen LogP contribution is 2.37. The Morgan fingerprint density at radius 2 is 2.00 bits per heavy atom. The molecule has 0 saturated heterocycles. The Kier molecular flexibility index (Phi) is 2.42. The average Bonchev–Trinajstić information content (AvgIpc) is 2.55. The topological polar surface area (TPSA) is 64.7 Å². The molecule has 2 N–H and O–H groups in total. The molecule has 0 fully saturated rings. The van der Waals surface area contributed by atoms with Crippen LogP contribution in [0, 0.1) is 0 Å². The van der Waals surface area contributed by atoms with Crippen LogP contribution in [0.1, 0.15) is 25.3 Å². The van der Waals surface area contributed by atoms with Gasteiger partial charge in [0, 0.05) is 0 Å². The third-order valence-electron chi connectivity index (χ3n) is 2.73. The molecule has 1 aromatic rings. The first kappa shape index (κ1) is 10.7. The fraction of sp³-hybridized carbons (Fsp3) is 0.333. The van der Waals surface area contributed by atoms with Crippen LogP contribution in [0.15, 0.2) is 35.5 Å². The van der Waals surface area contributed by atoms with E-state index >= 15 is 0 Å². The minimum Gasteiger partial charge on any atom is -0.388 e. The summed E-state index contributed by atoms with van der Waals surface area (Å²) in [5.74, 6) is -0.731. The van der Waals surface area contributed by atoms with Gasteiger partial charge in [-0.15, -0.1) is 0 Å². The van der Waals surface area contributed by atoms with E-state index in [0.717, 1.165) is 5.56 Å². The average molecular weight is 218 g/mol. The summed E-state index contributed by atoms with van der Waals surface area (Å²) < 4.78 is 0. The zero-order valence-electron chi connectivity index (χ0n) is 9.31. The maximum absolute atomic E-state index is 11.3. The van der Waals surface area contributed by atoms with E-state index in [1.165, 1.54) is 0 Å². The monoisotopic (exact) mass is 218 g/mol. The van der Waals surface area contributed by atoms with Gasteiger partial charge < -0.3 is 10.6 Å². The minimum atomic E-state index is -0.536. The van der Waals surface area contributed by atoms with Crippen molar-refractivity contribution >= 4 is 11.6 Å². The summed E-state index contributed by atoms with van der Waals surface area (Å²) in [5, 5.41) is 3.79. The van der Waals surface area contributed by atoms with Gasteiger partial charge in [0.05, 0.1) is 5.92 Å². The van der Waals surface area contributed by atoms with Gasteiger partial charge in [0.1, 0.15) is 5.60 Å². The number of nitrogens with zero attached hydrogens (tertiary/aromatic N) is 1. The van der Waals surface area contributed by atoms with Crippen molar-refractivity contribution in [3.05, 3.63) is 35.9 Å². The molecule has 1 unspecified atom stereocenters. The zero-order chi connectivity index (χ0) is 11.8. The van der Waals surface area contributed by atoms with Crippen molar-refractivity contribution in [2.75, 3.05) is 0 Å². The number of hydrogen-bond donors (Lipinski definition) is 1. The molecule has 1 heterocycles. The summed E-state index contributed by atoms with van der Waals surface area (Å²) in [6, 6.07) is 9.65. The van der Waals surface area contributed by atoms with E-state index in [4.69, 9.17) is 10.6 Å². The van der Waals surface area contributed by atoms with Crippen molar-refractivity contribution in [3.8, 4) is 0 Å². The van der Waals surface area contributed by atoms with Crippen LogP contribution in [0.25, 0.3) is 0 Å². The smallest absolute Gasteiger partial charge is 0.267 e. The number of rotatable bonds is 2. The van der Waals surface area contributed by atoms with Crippen molar-refractivity contribution in [3.63, 3.8) is 0 Å². The van der Waals surface area contributed by atoms with Gasteiger partial charge in [-0.3, -0.25) is 4.79 Å². The third kappa shape index (κ3) is 1.66. The molecule has 4 heteroatoms. The molecule has 84 valence electrons. The van der Waals surface area contributed by atoms with E-state index in [2.05, 4.69) is 5.16 Å². The molecule has 0 aliphatic carbocycles. The number of primary amides is 1. The second-order valence-corrected chi connectivity index (χ2v) is 4.38. The Labute approximate surface area is 94.1 Å². The van der Waals surface area contributed by atoms with Gasteiger partial charge in [-0.25, -0.2) is 0 Å². The van der Waals surface area contributed by atoms with E-state index in [1.54, 1.807) is 0 Å². The highest BCUT2D eigenvalue weighted by atomic mass is 16.7. The lowest BCUT2D eigenvalue weighted by atomic mass is 9.81. The summed E-state index contributed by atoms with van der Waals surface area (Å²) in [7, 11) is 0.